The Bertz CT molecular complexity index is 513. The molecule has 0 fully saturated rings. The van der Waals surface area contributed by atoms with E-state index in [4.69, 9.17) is 14.2 Å². The fourth-order valence-corrected chi connectivity index (χ4v) is 3.42. The van der Waals surface area contributed by atoms with Gasteiger partial charge in [0.2, 0.25) is 0 Å². The lowest BCUT2D eigenvalue weighted by molar-refractivity contribution is -0.151. The molecule has 0 aromatic carbocycles. The minimum Gasteiger partial charge on any atom is -0.458 e. The maximum atomic E-state index is 12.1. The molecule has 0 rings (SSSR count). The number of unbranched alkanes of at least 4 members (excludes halogenated alkanes) is 11. The summed E-state index contributed by atoms with van der Waals surface area (Å²) in [5, 5.41) is 2.63. The lowest BCUT2D eigenvalue weighted by Crippen LogP contribution is -2.40. The van der Waals surface area contributed by atoms with Gasteiger partial charge in [-0.2, -0.15) is 0 Å². The van der Waals surface area contributed by atoms with Crippen LogP contribution >= 0.6 is 0 Å². The van der Waals surface area contributed by atoms with E-state index in [-0.39, 0.29) is 19.1 Å². The van der Waals surface area contributed by atoms with Gasteiger partial charge in [0.15, 0.2) is 0 Å². The summed E-state index contributed by atoms with van der Waals surface area (Å²) in [4.78, 5) is 23.9. The molecule has 6 heteroatoms. The molecule has 0 saturated carbocycles. The summed E-state index contributed by atoms with van der Waals surface area (Å²) in [6.45, 7) is 8.05. The zero-order valence-corrected chi connectivity index (χ0v) is 22.1. The quantitative estimate of drug-likeness (QED) is 0.117. The zero-order valence-electron chi connectivity index (χ0n) is 22.1. The van der Waals surface area contributed by atoms with Crippen LogP contribution in [-0.2, 0) is 19.0 Å². The summed E-state index contributed by atoms with van der Waals surface area (Å²) in [7, 11) is 1.54. The molecule has 0 radical (unpaired) electrons. The molecule has 194 valence electrons. The van der Waals surface area contributed by atoms with Crippen molar-refractivity contribution in [3.8, 4) is 0 Å². The van der Waals surface area contributed by atoms with Crippen molar-refractivity contribution in [1.29, 1.82) is 0 Å². The van der Waals surface area contributed by atoms with Crippen molar-refractivity contribution in [3.63, 3.8) is 0 Å². The standard InChI is InChI=1S/C27H51NO5/c1-6-7-8-9-10-11-12-13-14-15-16-17-18-19-20-21-25(29)32-24(23-31-5)22-28-26(30)33-27(2,3)4/h13-14,24H,6-12,15-23H2,1-5H3,(H,28,30)/b14-13-. The second kappa shape index (κ2) is 21.0. The summed E-state index contributed by atoms with van der Waals surface area (Å²) in [5.41, 5.74) is -0.568. The van der Waals surface area contributed by atoms with Crippen LogP contribution in [0.4, 0.5) is 4.79 Å². The molecular formula is C27H51NO5. The van der Waals surface area contributed by atoms with Gasteiger partial charge in [-0.05, 0) is 52.9 Å². The molecule has 0 heterocycles. The van der Waals surface area contributed by atoms with Gasteiger partial charge in [-0.15, -0.1) is 0 Å². The van der Waals surface area contributed by atoms with E-state index in [1.54, 1.807) is 20.8 Å². The van der Waals surface area contributed by atoms with Gasteiger partial charge in [0.25, 0.3) is 0 Å². The van der Waals surface area contributed by atoms with Crippen LogP contribution in [0, 0.1) is 0 Å². The molecule has 0 aliphatic heterocycles. The van der Waals surface area contributed by atoms with Gasteiger partial charge in [0.05, 0.1) is 13.2 Å². The van der Waals surface area contributed by atoms with E-state index < -0.39 is 17.8 Å². The number of alkyl carbamates (subject to hydrolysis) is 1. The molecule has 0 aliphatic rings. The number of amides is 1. The number of allylic oxidation sites excluding steroid dienone is 2. The van der Waals surface area contributed by atoms with Crippen molar-refractivity contribution >= 4 is 12.1 Å². The smallest absolute Gasteiger partial charge is 0.407 e. The average Bonchev–Trinajstić information content (AvgIpc) is 2.73. The predicted octanol–water partition coefficient (Wildman–Crippen LogP) is 7.11. The fraction of sp³-hybridized carbons (Fsp3) is 0.852. The van der Waals surface area contributed by atoms with Crippen LogP contribution in [0.3, 0.4) is 0 Å². The number of rotatable bonds is 20. The van der Waals surface area contributed by atoms with Crippen LogP contribution in [0.25, 0.3) is 0 Å². The largest absolute Gasteiger partial charge is 0.458 e. The van der Waals surface area contributed by atoms with E-state index in [0.717, 1.165) is 25.7 Å². The molecule has 1 unspecified atom stereocenters. The Morgan fingerprint density at radius 2 is 1.39 bits per heavy atom. The highest BCUT2D eigenvalue weighted by molar-refractivity contribution is 5.70. The summed E-state index contributed by atoms with van der Waals surface area (Å²) in [6, 6.07) is 0. The first-order chi connectivity index (χ1) is 15.8. The summed E-state index contributed by atoms with van der Waals surface area (Å²) in [6.07, 6.45) is 19.9. The van der Waals surface area contributed by atoms with Crippen molar-refractivity contribution in [3.05, 3.63) is 12.2 Å². The highest BCUT2D eigenvalue weighted by atomic mass is 16.6. The van der Waals surface area contributed by atoms with Crippen molar-refractivity contribution in [1.82, 2.24) is 5.32 Å². The van der Waals surface area contributed by atoms with Gasteiger partial charge < -0.3 is 19.5 Å². The predicted molar refractivity (Wildman–Crippen MR) is 135 cm³/mol. The molecule has 1 amide bonds. The van der Waals surface area contributed by atoms with E-state index in [2.05, 4.69) is 24.4 Å². The van der Waals surface area contributed by atoms with E-state index in [1.165, 1.54) is 64.9 Å². The number of carbonyl (C=O) groups is 2. The average molecular weight is 470 g/mol. The fourth-order valence-electron chi connectivity index (χ4n) is 3.42. The molecule has 33 heavy (non-hydrogen) atoms. The Hall–Kier alpha value is -1.56. The summed E-state index contributed by atoms with van der Waals surface area (Å²) < 4.78 is 15.7. The highest BCUT2D eigenvalue weighted by Gasteiger charge is 2.19. The second-order valence-electron chi connectivity index (χ2n) is 9.78. The first-order valence-corrected chi connectivity index (χ1v) is 13.1. The number of methoxy groups -OCH3 is 1. The van der Waals surface area contributed by atoms with Crippen LogP contribution in [0.2, 0.25) is 0 Å². The number of ether oxygens (including phenoxy) is 3. The van der Waals surface area contributed by atoms with Crippen LogP contribution in [0.1, 0.15) is 118 Å². The molecule has 6 nitrogen and oxygen atoms in total. The lowest BCUT2D eigenvalue weighted by atomic mass is 10.1. The van der Waals surface area contributed by atoms with Crippen molar-refractivity contribution in [2.24, 2.45) is 0 Å². The molecule has 0 aliphatic carbocycles. The minimum atomic E-state index is -0.568. The minimum absolute atomic E-state index is 0.168. The monoisotopic (exact) mass is 469 g/mol. The Labute approximate surface area is 203 Å². The first-order valence-electron chi connectivity index (χ1n) is 13.1. The summed E-state index contributed by atoms with van der Waals surface area (Å²) in [5.74, 6) is -0.249. The van der Waals surface area contributed by atoms with Gasteiger partial charge in [0.1, 0.15) is 11.7 Å². The number of carbonyl (C=O) groups excluding carboxylic acids is 2. The number of esters is 1. The second-order valence-corrected chi connectivity index (χ2v) is 9.78. The molecule has 0 spiro atoms. The van der Waals surface area contributed by atoms with Gasteiger partial charge in [-0.25, -0.2) is 4.79 Å². The number of hydrogen-bond acceptors (Lipinski definition) is 5. The topological polar surface area (TPSA) is 73.9 Å². The Morgan fingerprint density at radius 3 is 1.94 bits per heavy atom. The molecule has 0 saturated heterocycles. The normalized spacial score (nSPS) is 12.6. The van der Waals surface area contributed by atoms with Gasteiger partial charge in [-0.1, -0.05) is 70.4 Å². The van der Waals surface area contributed by atoms with Gasteiger partial charge >= 0.3 is 12.1 Å². The van der Waals surface area contributed by atoms with Crippen LogP contribution in [0.5, 0.6) is 0 Å². The van der Waals surface area contributed by atoms with E-state index in [0.29, 0.717) is 6.42 Å². The molecule has 0 bridgehead atoms. The molecule has 1 atom stereocenters. The SMILES string of the molecule is CCCCCCCC/C=C\CCCCCCCC(=O)OC(CNC(=O)OC(C)(C)C)COC. The summed E-state index contributed by atoms with van der Waals surface area (Å²) >= 11 is 0. The van der Waals surface area contributed by atoms with Crippen molar-refractivity contribution < 1.29 is 23.8 Å². The molecule has 0 aromatic rings. The number of hydrogen-bond donors (Lipinski definition) is 1. The van der Waals surface area contributed by atoms with Crippen molar-refractivity contribution in [2.75, 3.05) is 20.3 Å². The van der Waals surface area contributed by atoms with Crippen LogP contribution in [-0.4, -0.2) is 44.0 Å². The number of nitrogens with one attached hydrogen (secondary N) is 1. The zero-order chi connectivity index (χ0) is 24.8. The van der Waals surface area contributed by atoms with Gasteiger partial charge in [0, 0.05) is 13.5 Å². The molecule has 1 N–H and O–H groups in total. The Balaban J connectivity index is 3.72. The third kappa shape index (κ3) is 23.4. The maximum Gasteiger partial charge on any atom is 0.407 e. The highest BCUT2D eigenvalue weighted by Crippen LogP contribution is 2.11. The third-order valence-electron chi connectivity index (χ3n) is 5.17. The first kappa shape index (κ1) is 31.4. The Kier molecular flexibility index (Phi) is 20.0. The van der Waals surface area contributed by atoms with Crippen LogP contribution in [0.15, 0.2) is 12.2 Å². The van der Waals surface area contributed by atoms with E-state index in [1.807, 2.05) is 0 Å². The van der Waals surface area contributed by atoms with Gasteiger partial charge in [-0.3, -0.25) is 4.79 Å². The van der Waals surface area contributed by atoms with Crippen molar-refractivity contribution in [2.45, 2.75) is 129 Å². The van der Waals surface area contributed by atoms with E-state index in [9.17, 15) is 9.59 Å². The van der Waals surface area contributed by atoms with Crippen LogP contribution < -0.4 is 5.32 Å². The van der Waals surface area contributed by atoms with E-state index >= 15 is 0 Å². The lowest BCUT2D eigenvalue weighted by Gasteiger charge is -2.22. The third-order valence-corrected chi connectivity index (χ3v) is 5.17. The Morgan fingerprint density at radius 1 is 0.848 bits per heavy atom. The molecular weight excluding hydrogens is 418 g/mol. The molecule has 0 aromatic heterocycles. The maximum absolute atomic E-state index is 12.1.